The molecule has 6 nitrogen and oxygen atoms in total. The van der Waals surface area contributed by atoms with E-state index in [1.165, 1.54) is 0 Å². The molecular weight excluding hydrogens is 316 g/mol. The number of hydrogen-bond donors (Lipinski definition) is 0. The van der Waals surface area contributed by atoms with Crippen molar-refractivity contribution in [2.45, 2.75) is 19.4 Å². The van der Waals surface area contributed by atoms with E-state index in [1.807, 2.05) is 48.2 Å². The molecule has 0 N–H and O–H groups in total. The van der Waals surface area contributed by atoms with Crippen LogP contribution in [0.1, 0.15) is 22.5 Å². The summed E-state index contributed by atoms with van der Waals surface area (Å²) in [7, 11) is 1.69. The first kappa shape index (κ1) is 15.8. The van der Waals surface area contributed by atoms with Crippen LogP contribution in [0.25, 0.3) is 16.7 Å². The molecule has 1 unspecified atom stereocenters. The maximum Gasteiger partial charge on any atom is 0.257 e. The smallest absolute Gasteiger partial charge is 0.257 e. The summed E-state index contributed by atoms with van der Waals surface area (Å²) in [6, 6.07) is 11.9. The van der Waals surface area contributed by atoms with E-state index in [0.29, 0.717) is 17.9 Å². The first-order valence-electron chi connectivity index (χ1n) is 8.40. The van der Waals surface area contributed by atoms with E-state index < -0.39 is 0 Å². The minimum atomic E-state index is 0.00379. The highest BCUT2D eigenvalue weighted by molar-refractivity contribution is 5.95. The molecule has 1 aromatic carbocycles. The van der Waals surface area contributed by atoms with E-state index in [9.17, 15) is 4.79 Å². The van der Waals surface area contributed by atoms with Gasteiger partial charge in [0.05, 0.1) is 29.1 Å². The number of ether oxygens (including phenoxy) is 1. The number of aromatic nitrogens is 3. The first-order chi connectivity index (χ1) is 12.2. The number of amides is 1. The molecule has 1 aliphatic heterocycles. The van der Waals surface area contributed by atoms with Crippen molar-refractivity contribution in [3.63, 3.8) is 0 Å². The van der Waals surface area contributed by atoms with Crippen LogP contribution in [-0.4, -0.2) is 51.9 Å². The van der Waals surface area contributed by atoms with Gasteiger partial charge in [0.15, 0.2) is 5.82 Å². The largest absolute Gasteiger partial charge is 0.380 e. The molecule has 1 atom stereocenters. The summed E-state index contributed by atoms with van der Waals surface area (Å²) >= 11 is 0. The van der Waals surface area contributed by atoms with E-state index in [-0.39, 0.29) is 12.0 Å². The van der Waals surface area contributed by atoms with Gasteiger partial charge in [-0.15, -0.1) is 0 Å². The topological polar surface area (TPSA) is 60.2 Å². The minimum absolute atomic E-state index is 0.00379. The standard InChI is InChI=1S/C19H20N4O2/c1-13-16(19(24)22-10-9-15(12-22)25-2)11-20-23(13)18-8-7-14-5-3-4-6-17(14)21-18/h3-8,11,15H,9-10,12H2,1-2H3. The normalized spacial score (nSPS) is 17.4. The third kappa shape index (κ3) is 2.78. The number of benzene rings is 1. The lowest BCUT2D eigenvalue weighted by Gasteiger charge is -2.15. The number of methoxy groups -OCH3 is 1. The number of carbonyl (C=O) groups is 1. The number of nitrogens with zero attached hydrogens (tertiary/aromatic N) is 4. The highest BCUT2D eigenvalue weighted by Crippen LogP contribution is 2.20. The monoisotopic (exact) mass is 336 g/mol. The summed E-state index contributed by atoms with van der Waals surface area (Å²) in [5.41, 5.74) is 2.32. The third-order valence-electron chi connectivity index (χ3n) is 4.81. The molecule has 6 heteroatoms. The van der Waals surface area contributed by atoms with E-state index in [1.54, 1.807) is 18.0 Å². The van der Waals surface area contributed by atoms with Gasteiger partial charge < -0.3 is 9.64 Å². The van der Waals surface area contributed by atoms with Crippen molar-refractivity contribution in [2.75, 3.05) is 20.2 Å². The molecule has 0 spiro atoms. The fraction of sp³-hybridized carbons (Fsp3) is 0.316. The molecule has 0 bridgehead atoms. The van der Waals surface area contributed by atoms with Crippen molar-refractivity contribution in [3.05, 3.63) is 53.9 Å². The minimum Gasteiger partial charge on any atom is -0.380 e. The van der Waals surface area contributed by atoms with Gasteiger partial charge in [-0.2, -0.15) is 5.10 Å². The Balaban J connectivity index is 1.65. The summed E-state index contributed by atoms with van der Waals surface area (Å²) in [5.74, 6) is 0.718. The lowest BCUT2D eigenvalue weighted by Crippen LogP contribution is -2.30. The van der Waals surface area contributed by atoms with E-state index in [0.717, 1.165) is 29.6 Å². The SMILES string of the molecule is COC1CCN(C(=O)c2cnn(-c3ccc4ccccc4n3)c2C)C1. The molecule has 0 aliphatic carbocycles. The van der Waals surface area contributed by atoms with Crippen LogP contribution in [0.2, 0.25) is 0 Å². The van der Waals surface area contributed by atoms with Crippen molar-refractivity contribution in [2.24, 2.45) is 0 Å². The Hall–Kier alpha value is -2.73. The molecule has 0 saturated carbocycles. The Morgan fingerprint density at radius 1 is 1.24 bits per heavy atom. The molecule has 1 fully saturated rings. The molecule has 25 heavy (non-hydrogen) atoms. The van der Waals surface area contributed by atoms with Crippen LogP contribution in [-0.2, 0) is 4.74 Å². The van der Waals surface area contributed by atoms with Crippen molar-refractivity contribution < 1.29 is 9.53 Å². The molecule has 4 rings (SSSR count). The number of likely N-dealkylation sites (tertiary alicyclic amines) is 1. The predicted molar refractivity (Wildman–Crippen MR) is 94.9 cm³/mol. The number of pyridine rings is 1. The summed E-state index contributed by atoms with van der Waals surface area (Å²) in [6.07, 6.45) is 2.64. The van der Waals surface area contributed by atoms with Gasteiger partial charge in [-0.3, -0.25) is 4.79 Å². The van der Waals surface area contributed by atoms with Crippen molar-refractivity contribution in [1.29, 1.82) is 0 Å². The zero-order valence-corrected chi connectivity index (χ0v) is 14.3. The van der Waals surface area contributed by atoms with Crippen LogP contribution >= 0.6 is 0 Å². The van der Waals surface area contributed by atoms with Crippen LogP contribution in [0.3, 0.4) is 0 Å². The second-order valence-corrected chi connectivity index (χ2v) is 6.32. The Morgan fingerprint density at radius 3 is 2.88 bits per heavy atom. The highest BCUT2D eigenvalue weighted by atomic mass is 16.5. The Morgan fingerprint density at radius 2 is 2.08 bits per heavy atom. The molecule has 2 aromatic heterocycles. The second kappa shape index (κ2) is 6.29. The molecule has 1 saturated heterocycles. The van der Waals surface area contributed by atoms with E-state index >= 15 is 0 Å². The van der Waals surface area contributed by atoms with Gasteiger partial charge in [-0.25, -0.2) is 9.67 Å². The van der Waals surface area contributed by atoms with Gasteiger partial charge in [0, 0.05) is 25.6 Å². The molecule has 128 valence electrons. The van der Waals surface area contributed by atoms with Crippen molar-refractivity contribution in [3.8, 4) is 5.82 Å². The van der Waals surface area contributed by atoms with Gasteiger partial charge in [0.1, 0.15) is 0 Å². The van der Waals surface area contributed by atoms with Gasteiger partial charge in [-0.1, -0.05) is 18.2 Å². The van der Waals surface area contributed by atoms with Crippen molar-refractivity contribution in [1.82, 2.24) is 19.7 Å². The molecule has 1 aliphatic rings. The fourth-order valence-corrected chi connectivity index (χ4v) is 3.30. The first-order valence-corrected chi connectivity index (χ1v) is 8.40. The highest BCUT2D eigenvalue weighted by Gasteiger charge is 2.29. The Kier molecular flexibility index (Phi) is 3.97. The van der Waals surface area contributed by atoms with Crippen LogP contribution in [0.4, 0.5) is 0 Å². The molecular formula is C19H20N4O2. The van der Waals surface area contributed by atoms with Gasteiger partial charge in [0.2, 0.25) is 0 Å². The van der Waals surface area contributed by atoms with Crippen LogP contribution in [0, 0.1) is 6.92 Å². The molecule has 0 radical (unpaired) electrons. The Labute approximate surface area is 146 Å². The second-order valence-electron chi connectivity index (χ2n) is 6.32. The molecule has 3 aromatic rings. The summed E-state index contributed by atoms with van der Waals surface area (Å²) < 4.78 is 7.07. The Bertz CT molecular complexity index is 934. The van der Waals surface area contributed by atoms with E-state index in [4.69, 9.17) is 4.74 Å². The van der Waals surface area contributed by atoms with E-state index in [2.05, 4.69) is 10.1 Å². The molecule has 3 heterocycles. The predicted octanol–water partition coefficient (Wildman–Crippen LogP) is 2.59. The number of rotatable bonds is 3. The van der Waals surface area contributed by atoms with Gasteiger partial charge in [-0.05, 0) is 31.5 Å². The number of fused-ring (bicyclic) bond motifs is 1. The van der Waals surface area contributed by atoms with Gasteiger partial charge in [0.25, 0.3) is 5.91 Å². The fourth-order valence-electron chi connectivity index (χ4n) is 3.30. The number of hydrogen-bond acceptors (Lipinski definition) is 4. The summed E-state index contributed by atoms with van der Waals surface area (Å²) in [5, 5.41) is 5.48. The zero-order valence-electron chi connectivity index (χ0n) is 14.3. The maximum absolute atomic E-state index is 12.8. The molecule has 1 amide bonds. The number of carbonyl (C=O) groups excluding carboxylic acids is 1. The average Bonchev–Trinajstić information content (AvgIpc) is 3.27. The summed E-state index contributed by atoms with van der Waals surface area (Å²) in [4.78, 5) is 19.3. The van der Waals surface area contributed by atoms with Crippen molar-refractivity contribution >= 4 is 16.8 Å². The summed E-state index contributed by atoms with van der Waals surface area (Å²) in [6.45, 7) is 3.26. The van der Waals surface area contributed by atoms with Crippen LogP contribution < -0.4 is 0 Å². The third-order valence-corrected chi connectivity index (χ3v) is 4.81. The van der Waals surface area contributed by atoms with Crippen LogP contribution in [0.15, 0.2) is 42.6 Å². The maximum atomic E-state index is 12.8. The lowest BCUT2D eigenvalue weighted by atomic mass is 10.2. The van der Waals surface area contributed by atoms with Crippen LogP contribution in [0.5, 0.6) is 0 Å². The number of para-hydroxylation sites is 1. The van der Waals surface area contributed by atoms with Gasteiger partial charge >= 0.3 is 0 Å². The lowest BCUT2D eigenvalue weighted by molar-refractivity contribution is 0.0723. The average molecular weight is 336 g/mol. The quantitative estimate of drug-likeness (QED) is 0.738. The zero-order chi connectivity index (χ0) is 17.4.